The highest BCUT2D eigenvalue weighted by Gasteiger charge is 2.19. The smallest absolute Gasteiger partial charge is 0.320 e. The van der Waals surface area contributed by atoms with E-state index < -0.39 is 16.9 Å². The third-order valence-electron chi connectivity index (χ3n) is 4.09. The molecule has 3 N–H and O–H groups in total. The van der Waals surface area contributed by atoms with Gasteiger partial charge in [-0.1, -0.05) is 51.2 Å². The van der Waals surface area contributed by atoms with Gasteiger partial charge in [-0.15, -0.1) is 0 Å². The zero-order chi connectivity index (χ0) is 18.7. The average molecular weight is 348 g/mol. The Labute approximate surface area is 148 Å². The van der Waals surface area contributed by atoms with Crippen LogP contribution in [0.3, 0.4) is 0 Å². The number of carboxylic acids is 1. The number of unbranched alkanes of at least 4 members (excludes halogenated alkanes) is 6. The average Bonchev–Trinajstić information content (AvgIpc) is 2.57. The third-order valence-corrected chi connectivity index (χ3v) is 4.09. The van der Waals surface area contributed by atoms with E-state index in [9.17, 15) is 14.9 Å². The molecule has 0 fully saturated rings. The van der Waals surface area contributed by atoms with Crippen LogP contribution >= 0.6 is 0 Å². The lowest BCUT2D eigenvalue weighted by atomic mass is 10.0. The van der Waals surface area contributed by atoms with Gasteiger partial charge < -0.3 is 10.8 Å². The lowest BCUT2D eigenvalue weighted by Crippen LogP contribution is -2.32. The first-order valence-corrected chi connectivity index (χ1v) is 8.88. The molecule has 0 saturated carbocycles. The number of carbonyl (C=O) groups is 1. The molecule has 1 aromatic rings. The van der Waals surface area contributed by atoms with Crippen LogP contribution in [-0.2, 0) is 11.2 Å². The van der Waals surface area contributed by atoms with Crippen molar-refractivity contribution < 1.29 is 14.8 Å². The first kappa shape index (κ1) is 20.8. The van der Waals surface area contributed by atoms with Gasteiger partial charge in [0.05, 0.1) is 4.92 Å². The number of nitro groups is 1. The van der Waals surface area contributed by atoms with Crippen LogP contribution < -0.4 is 5.73 Å². The van der Waals surface area contributed by atoms with E-state index in [0.29, 0.717) is 5.56 Å². The molecule has 1 unspecified atom stereocenters. The van der Waals surface area contributed by atoms with Crippen molar-refractivity contribution in [3.05, 3.63) is 45.5 Å². The summed E-state index contributed by atoms with van der Waals surface area (Å²) >= 11 is 0. The SMILES string of the molecule is CCCCCCCC/C=C/c1ccc([N+](=O)[O-])c(CC(N)C(=O)O)c1. The Morgan fingerprint density at radius 1 is 1.28 bits per heavy atom. The molecule has 6 nitrogen and oxygen atoms in total. The molecule has 0 aromatic heterocycles. The monoisotopic (exact) mass is 348 g/mol. The molecular weight excluding hydrogens is 320 g/mol. The lowest BCUT2D eigenvalue weighted by Gasteiger charge is -2.08. The maximum Gasteiger partial charge on any atom is 0.320 e. The number of nitro benzene ring substituents is 1. The molecule has 6 heteroatoms. The Bertz CT molecular complexity index is 599. The van der Waals surface area contributed by atoms with Crippen LogP contribution in [0.5, 0.6) is 0 Å². The van der Waals surface area contributed by atoms with Crippen molar-refractivity contribution >= 4 is 17.7 Å². The van der Waals surface area contributed by atoms with Gasteiger partial charge in [0.2, 0.25) is 0 Å². The number of nitrogens with zero attached hydrogens (tertiary/aromatic N) is 1. The second kappa shape index (κ2) is 11.4. The van der Waals surface area contributed by atoms with E-state index in [1.165, 1.54) is 38.2 Å². The topological polar surface area (TPSA) is 106 Å². The second-order valence-electron chi connectivity index (χ2n) is 6.25. The highest BCUT2D eigenvalue weighted by atomic mass is 16.6. The van der Waals surface area contributed by atoms with Crippen LogP contribution in [0.1, 0.15) is 63.0 Å². The summed E-state index contributed by atoms with van der Waals surface area (Å²) in [5, 5.41) is 20.0. The van der Waals surface area contributed by atoms with E-state index in [-0.39, 0.29) is 12.1 Å². The molecule has 138 valence electrons. The standard InChI is InChI=1S/C19H28N2O4/c1-2-3-4-5-6-7-8-9-10-15-11-12-18(21(24)25)16(13-15)14-17(20)19(22)23/h9-13,17H,2-8,14,20H2,1H3,(H,22,23)/b10-9+. The summed E-state index contributed by atoms with van der Waals surface area (Å²) in [5.41, 5.74) is 6.60. The fraction of sp³-hybridized carbons (Fsp3) is 0.526. The number of allylic oxidation sites excluding steroid dienone is 1. The molecule has 1 atom stereocenters. The summed E-state index contributed by atoms with van der Waals surface area (Å²) in [5.74, 6) is -1.17. The first-order valence-electron chi connectivity index (χ1n) is 8.88. The number of hydrogen-bond donors (Lipinski definition) is 2. The molecule has 0 amide bonds. The normalized spacial score (nSPS) is 12.4. The van der Waals surface area contributed by atoms with E-state index in [1.54, 1.807) is 12.1 Å². The largest absolute Gasteiger partial charge is 0.480 e. The molecule has 0 aliphatic carbocycles. The minimum atomic E-state index is -1.17. The predicted octanol–water partition coefficient (Wildman–Crippen LogP) is 4.31. The van der Waals surface area contributed by atoms with Gasteiger partial charge in [-0.05, 0) is 30.5 Å². The first-order chi connectivity index (χ1) is 12.0. The molecule has 0 spiro atoms. The Kier molecular flexibility index (Phi) is 9.47. The molecule has 0 bridgehead atoms. The van der Waals surface area contributed by atoms with Crippen LogP contribution in [0.15, 0.2) is 24.3 Å². The van der Waals surface area contributed by atoms with Gasteiger partial charge in [0, 0.05) is 18.1 Å². The van der Waals surface area contributed by atoms with Crippen molar-refractivity contribution in [2.75, 3.05) is 0 Å². The van der Waals surface area contributed by atoms with E-state index in [0.717, 1.165) is 18.4 Å². The Morgan fingerprint density at radius 2 is 1.96 bits per heavy atom. The number of rotatable bonds is 12. The number of nitrogens with two attached hydrogens (primary N) is 1. The second-order valence-corrected chi connectivity index (χ2v) is 6.25. The van der Waals surface area contributed by atoms with Gasteiger partial charge >= 0.3 is 5.97 Å². The van der Waals surface area contributed by atoms with Crippen molar-refractivity contribution in [3.63, 3.8) is 0 Å². The van der Waals surface area contributed by atoms with Crippen LogP contribution in [0.2, 0.25) is 0 Å². The van der Waals surface area contributed by atoms with Crippen molar-refractivity contribution in [3.8, 4) is 0 Å². The highest BCUT2D eigenvalue weighted by Crippen LogP contribution is 2.22. The fourth-order valence-electron chi connectivity index (χ4n) is 2.64. The van der Waals surface area contributed by atoms with Gasteiger partial charge in [0.15, 0.2) is 0 Å². The summed E-state index contributed by atoms with van der Waals surface area (Å²) in [6, 6.07) is 3.58. The van der Waals surface area contributed by atoms with Crippen molar-refractivity contribution in [2.24, 2.45) is 5.73 Å². The van der Waals surface area contributed by atoms with Crippen LogP contribution in [0, 0.1) is 10.1 Å². The van der Waals surface area contributed by atoms with Gasteiger partial charge in [0.1, 0.15) is 6.04 Å². The number of carboxylic acid groups (broad SMARTS) is 1. The van der Waals surface area contributed by atoms with Gasteiger partial charge in [-0.3, -0.25) is 14.9 Å². The van der Waals surface area contributed by atoms with E-state index in [4.69, 9.17) is 10.8 Å². The molecule has 1 rings (SSSR count). The van der Waals surface area contributed by atoms with E-state index >= 15 is 0 Å². The predicted molar refractivity (Wildman–Crippen MR) is 99.4 cm³/mol. The minimum Gasteiger partial charge on any atom is -0.480 e. The summed E-state index contributed by atoms with van der Waals surface area (Å²) in [6.07, 6.45) is 12.3. The Morgan fingerprint density at radius 3 is 2.60 bits per heavy atom. The maximum absolute atomic E-state index is 11.1. The molecule has 0 radical (unpaired) electrons. The van der Waals surface area contributed by atoms with Crippen molar-refractivity contribution in [2.45, 2.75) is 64.3 Å². The van der Waals surface area contributed by atoms with Crippen LogP contribution in [0.25, 0.3) is 6.08 Å². The minimum absolute atomic E-state index is 0.0647. The van der Waals surface area contributed by atoms with Crippen molar-refractivity contribution in [1.29, 1.82) is 0 Å². The van der Waals surface area contributed by atoms with Crippen LogP contribution in [0.4, 0.5) is 5.69 Å². The molecule has 0 aliphatic rings. The molecule has 1 aromatic carbocycles. The molecule has 0 aliphatic heterocycles. The molecule has 0 saturated heterocycles. The zero-order valence-corrected chi connectivity index (χ0v) is 14.8. The van der Waals surface area contributed by atoms with Gasteiger partial charge in [-0.25, -0.2) is 0 Å². The number of aliphatic carboxylic acids is 1. The summed E-state index contributed by atoms with van der Waals surface area (Å²) in [7, 11) is 0. The lowest BCUT2D eigenvalue weighted by molar-refractivity contribution is -0.385. The quantitative estimate of drug-likeness (QED) is 0.332. The zero-order valence-electron chi connectivity index (χ0n) is 14.8. The Balaban J connectivity index is 2.63. The summed E-state index contributed by atoms with van der Waals surface area (Å²) in [4.78, 5) is 21.5. The number of benzene rings is 1. The molecular formula is C19H28N2O4. The van der Waals surface area contributed by atoms with Crippen molar-refractivity contribution in [1.82, 2.24) is 0 Å². The molecule has 25 heavy (non-hydrogen) atoms. The van der Waals surface area contributed by atoms with Gasteiger partial charge in [0.25, 0.3) is 5.69 Å². The molecule has 0 heterocycles. The fourth-order valence-corrected chi connectivity index (χ4v) is 2.64. The summed E-state index contributed by atoms with van der Waals surface area (Å²) in [6.45, 7) is 2.20. The number of hydrogen-bond acceptors (Lipinski definition) is 4. The third kappa shape index (κ3) is 7.94. The summed E-state index contributed by atoms with van der Waals surface area (Å²) < 4.78 is 0. The van der Waals surface area contributed by atoms with E-state index in [1.807, 2.05) is 6.08 Å². The van der Waals surface area contributed by atoms with Gasteiger partial charge in [-0.2, -0.15) is 0 Å². The Hall–Kier alpha value is -2.21. The van der Waals surface area contributed by atoms with E-state index in [2.05, 4.69) is 13.0 Å². The highest BCUT2D eigenvalue weighted by molar-refractivity contribution is 5.74. The van der Waals surface area contributed by atoms with Crippen LogP contribution in [-0.4, -0.2) is 22.0 Å². The maximum atomic E-state index is 11.1.